The van der Waals surface area contributed by atoms with E-state index in [0.29, 0.717) is 12.8 Å². The van der Waals surface area contributed by atoms with Crippen LogP contribution in [-0.4, -0.2) is 62.5 Å². The van der Waals surface area contributed by atoms with Gasteiger partial charge in [-0.3, -0.25) is 19.2 Å². The summed E-state index contributed by atoms with van der Waals surface area (Å²) in [6, 6.07) is 0. The van der Waals surface area contributed by atoms with Crippen molar-refractivity contribution in [1.29, 1.82) is 0 Å². The van der Waals surface area contributed by atoms with Crippen LogP contribution in [0, 0.1) is 0 Å². The zero-order valence-electron chi connectivity index (χ0n) is 42.8. The molecule has 2 atom stereocenters. The molecule has 0 aliphatic carbocycles. The topological polar surface area (TPSA) is 114 Å². The van der Waals surface area contributed by atoms with Gasteiger partial charge in [0, 0.05) is 25.7 Å². The Labute approximate surface area is 400 Å². The molecule has 0 rings (SSSR count). The van der Waals surface area contributed by atoms with E-state index >= 15 is 0 Å². The molecule has 2 unspecified atom stereocenters. The van der Waals surface area contributed by atoms with Gasteiger partial charge in [0.25, 0.3) is 0 Å². The fraction of sp³-hybridized carbons (Fsp3) is 0.857. The van der Waals surface area contributed by atoms with Crippen LogP contribution < -0.4 is 0 Å². The maximum absolute atomic E-state index is 12.8. The van der Waals surface area contributed by atoms with Crippen molar-refractivity contribution in [2.45, 2.75) is 284 Å². The van der Waals surface area contributed by atoms with Crippen molar-refractivity contribution in [2.24, 2.45) is 0 Å². The van der Waals surface area contributed by atoms with Crippen LogP contribution >= 0.6 is 0 Å². The van der Waals surface area contributed by atoms with Crippen LogP contribution in [-0.2, 0) is 42.9 Å². The van der Waals surface area contributed by atoms with Gasteiger partial charge in [-0.25, -0.2) is 0 Å². The third-order valence-electron chi connectivity index (χ3n) is 11.8. The van der Waals surface area contributed by atoms with E-state index in [9.17, 15) is 19.2 Å². The van der Waals surface area contributed by atoms with Crippen LogP contribution in [0.3, 0.4) is 0 Å². The highest BCUT2D eigenvalue weighted by atomic mass is 16.6. The molecule has 0 aromatic heterocycles. The van der Waals surface area contributed by atoms with Gasteiger partial charge in [0.05, 0.1) is 13.2 Å². The molecular weight excluding hydrogens is 817 g/mol. The summed E-state index contributed by atoms with van der Waals surface area (Å²) in [4.78, 5) is 50.9. The minimum Gasteiger partial charge on any atom is -0.462 e. The van der Waals surface area contributed by atoms with Gasteiger partial charge in [-0.2, -0.15) is 0 Å². The highest BCUT2D eigenvalue weighted by Gasteiger charge is 2.22. The lowest BCUT2D eigenvalue weighted by Crippen LogP contribution is -2.34. The maximum atomic E-state index is 12.8. The van der Waals surface area contributed by atoms with Gasteiger partial charge in [-0.15, -0.1) is 0 Å². The monoisotopic (exact) mass is 919 g/mol. The Kier molecular flexibility index (Phi) is 48.6. The number of allylic oxidation sites excluding steroid dienone is 4. The van der Waals surface area contributed by atoms with Gasteiger partial charge in [-0.05, 0) is 77.0 Å². The number of esters is 4. The smallest absolute Gasteiger partial charge is 0.306 e. The first kappa shape index (κ1) is 62.3. The van der Waals surface area contributed by atoms with E-state index in [1.807, 2.05) is 0 Å². The number of unbranched alkanes of at least 4 members (excludes halogenated alkanes) is 28. The summed E-state index contributed by atoms with van der Waals surface area (Å²) in [5.41, 5.74) is 0. The van der Waals surface area contributed by atoms with Crippen molar-refractivity contribution >= 4 is 23.9 Å². The van der Waals surface area contributed by atoms with Gasteiger partial charge >= 0.3 is 23.9 Å². The predicted octanol–water partition coefficient (Wildman–Crippen LogP) is 15.9. The van der Waals surface area contributed by atoms with Crippen LogP contribution in [0.4, 0.5) is 0 Å². The molecule has 0 aromatic rings. The van der Waals surface area contributed by atoms with Gasteiger partial charge in [0.2, 0.25) is 0 Å². The standard InChI is InChI=1S/C56H102O9/c1-5-9-13-16-18-20-22-24-26-28-30-32-34-37-40-43-53(57)62-49-51(64-55(59)45-39-12-8-4)47-61-48-52(65-56(60)46-42-36-15-11-7-3)50-63-54(58)44-41-38-35-33-31-29-27-25-23-21-19-17-14-10-6-2/h24-27,51-52H,5-23,28-50H2,1-4H3/b26-24-,27-25-. The number of rotatable bonds is 50. The summed E-state index contributed by atoms with van der Waals surface area (Å²) >= 11 is 0. The van der Waals surface area contributed by atoms with E-state index in [1.165, 1.54) is 103 Å². The third kappa shape index (κ3) is 47.6. The molecule has 0 amide bonds. The lowest BCUT2D eigenvalue weighted by Gasteiger charge is -2.21. The Morgan fingerprint density at radius 3 is 0.877 bits per heavy atom. The first-order valence-corrected chi connectivity index (χ1v) is 27.4. The Morgan fingerprint density at radius 2 is 0.554 bits per heavy atom. The summed E-state index contributed by atoms with van der Waals surface area (Å²) < 4.78 is 28.5. The van der Waals surface area contributed by atoms with Crippen molar-refractivity contribution in [1.82, 2.24) is 0 Å². The van der Waals surface area contributed by atoms with Crippen molar-refractivity contribution < 1.29 is 42.9 Å². The molecule has 0 radical (unpaired) electrons. The molecule has 0 aliphatic heterocycles. The molecule has 0 bridgehead atoms. The summed E-state index contributed by atoms with van der Waals surface area (Å²) in [6.45, 7) is 8.41. The van der Waals surface area contributed by atoms with Gasteiger partial charge < -0.3 is 23.7 Å². The van der Waals surface area contributed by atoms with Crippen LogP contribution in [0.1, 0.15) is 272 Å². The van der Waals surface area contributed by atoms with E-state index < -0.39 is 12.2 Å². The Morgan fingerprint density at radius 1 is 0.308 bits per heavy atom. The van der Waals surface area contributed by atoms with Crippen molar-refractivity contribution in [3.63, 3.8) is 0 Å². The third-order valence-corrected chi connectivity index (χ3v) is 11.8. The Hall–Kier alpha value is -2.68. The molecule has 9 heteroatoms. The lowest BCUT2D eigenvalue weighted by atomic mass is 10.1. The van der Waals surface area contributed by atoms with Gasteiger partial charge in [-0.1, -0.05) is 193 Å². The molecule has 0 spiro atoms. The van der Waals surface area contributed by atoms with Gasteiger partial charge in [0.1, 0.15) is 13.2 Å². The zero-order chi connectivity index (χ0) is 47.5. The van der Waals surface area contributed by atoms with Crippen molar-refractivity contribution in [3.8, 4) is 0 Å². The molecule has 380 valence electrons. The molecule has 0 aromatic carbocycles. The summed E-state index contributed by atoms with van der Waals surface area (Å²) in [7, 11) is 0. The fourth-order valence-electron chi connectivity index (χ4n) is 7.64. The van der Waals surface area contributed by atoms with Crippen LogP contribution in [0.15, 0.2) is 24.3 Å². The Balaban J connectivity index is 4.79. The number of hydrogen-bond acceptors (Lipinski definition) is 9. The average Bonchev–Trinajstić information content (AvgIpc) is 3.29. The molecule has 0 aliphatic rings. The summed E-state index contributed by atoms with van der Waals surface area (Å²) in [5.74, 6) is -1.36. The van der Waals surface area contributed by atoms with Crippen LogP contribution in [0.5, 0.6) is 0 Å². The second kappa shape index (κ2) is 50.7. The summed E-state index contributed by atoms with van der Waals surface area (Å²) in [5, 5.41) is 0. The van der Waals surface area contributed by atoms with E-state index in [2.05, 4.69) is 52.0 Å². The first-order valence-electron chi connectivity index (χ1n) is 27.4. The second-order valence-corrected chi connectivity index (χ2v) is 18.4. The largest absolute Gasteiger partial charge is 0.462 e. The molecule has 9 nitrogen and oxygen atoms in total. The first-order chi connectivity index (χ1) is 31.9. The minimum atomic E-state index is -0.805. The second-order valence-electron chi connectivity index (χ2n) is 18.4. The number of carbonyl (C=O) groups excluding carboxylic acids is 4. The zero-order valence-corrected chi connectivity index (χ0v) is 42.8. The number of carbonyl (C=O) groups is 4. The Bertz CT molecular complexity index is 1130. The molecular formula is C56H102O9. The van der Waals surface area contributed by atoms with Gasteiger partial charge in [0.15, 0.2) is 12.2 Å². The van der Waals surface area contributed by atoms with E-state index in [0.717, 1.165) is 116 Å². The number of hydrogen-bond donors (Lipinski definition) is 0. The van der Waals surface area contributed by atoms with Crippen LogP contribution in [0.25, 0.3) is 0 Å². The molecule has 0 saturated carbocycles. The fourth-order valence-corrected chi connectivity index (χ4v) is 7.64. The van der Waals surface area contributed by atoms with E-state index in [1.54, 1.807) is 0 Å². The van der Waals surface area contributed by atoms with Crippen molar-refractivity contribution in [2.75, 3.05) is 26.4 Å². The van der Waals surface area contributed by atoms with E-state index in [-0.39, 0.29) is 63.1 Å². The lowest BCUT2D eigenvalue weighted by molar-refractivity contribution is -0.168. The predicted molar refractivity (Wildman–Crippen MR) is 269 cm³/mol. The minimum absolute atomic E-state index is 0.0466. The molecule has 65 heavy (non-hydrogen) atoms. The highest BCUT2D eigenvalue weighted by Crippen LogP contribution is 2.14. The molecule has 0 saturated heterocycles. The average molecular weight is 919 g/mol. The van der Waals surface area contributed by atoms with Crippen LogP contribution in [0.2, 0.25) is 0 Å². The maximum Gasteiger partial charge on any atom is 0.306 e. The SMILES string of the molecule is CCCCCCCC/C=C\CCCCCCCC(=O)OCC(COCC(COC(=O)CCCCCCC/C=C\CCCCCCCC)OC(=O)CCCCCCC)OC(=O)CCCCC. The molecule has 0 N–H and O–H groups in total. The molecule has 0 heterocycles. The number of ether oxygens (including phenoxy) is 5. The van der Waals surface area contributed by atoms with Crippen molar-refractivity contribution in [3.05, 3.63) is 24.3 Å². The quantitative estimate of drug-likeness (QED) is 0.0255. The summed E-state index contributed by atoms with van der Waals surface area (Å²) in [6.07, 6.45) is 47.4. The van der Waals surface area contributed by atoms with E-state index in [4.69, 9.17) is 23.7 Å². The highest BCUT2D eigenvalue weighted by molar-refractivity contribution is 5.71. The molecule has 0 fully saturated rings. The normalized spacial score (nSPS) is 12.5.